The summed E-state index contributed by atoms with van der Waals surface area (Å²) in [6.45, 7) is 8.76. The number of carbonyl (C=O) groups excluding carboxylic acids is 1. The van der Waals surface area contributed by atoms with Crippen molar-refractivity contribution >= 4 is 5.97 Å². The Morgan fingerprint density at radius 3 is 2.94 bits per heavy atom. The zero-order chi connectivity index (χ0) is 13.2. The van der Waals surface area contributed by atoms with Crippen LogP contribution in [0.3, 0.4) is 0 Å². The van der Waals surface area contributed by atoms with Crippen molar-refractivity contribution in [3.8, 4) is 0 Å². The minimum absolute atomic E-state index is 0.0507. The summed E-state index contributed by atoms with van der Waals surface area (Å²) >= 11 is 0. The van der Waals surface area contributed by atoms with E-state index in [4.69, 9.17) is 4.74 Å². The first-order chi connectivity index (χ1) is 8.57. The van der Waals surface area contributed by atoms with Gasteiger partial charge in [0.1, 0.15) is 5.54 Å². The molecule has 4 nitrogen and oxygen atoms in total. The molecule has 0 aromatic carbocycles. The van der Waals surface area contributed by atoms with Gasteiger partial charge in [0, 0.05) is 18.6 Å². The Morgan fingerprint density at radius 2 is 2.28 bits per heavy atom. The van der Waals surface area contributed by atoms with Gasteiger partial charge in [-0.15, -0.1) is 0 Å². The molecule has 2 rings (SSSR count). The molecular formula is C14H26N2O2. The van der Waals surface area contributed by atoms with Crippen molar-refractivity contribution in [2.75, 3.05) is 19.7 Å². The highest BCUT2D eigenvalue weighted by molar-refractivity contribution is 5.81. The summed E-state index contributed by atoms with van der Waals surface area (Å²) in [5.41, 5.74) is -0.449. The Morgan fingerprint density at radius 1 is 1.50 bits per heavy atom. The van der Waals surface area contributed by atoms with Gasteiger partial charge in [-0.3, -0.25) is 10.1 Å². The number of rotatable bonds is 4. The molecule has 2 atom stereocenters. The van der Waals surface area contributed by atoms with E-state index in [-0.39, 0.29) is 5.97 Å². The van der Waals surface area contributed by atoms with Gasteiger partial charge in [-0.2, -0.15) is 0 Å². The molecule has 2 unspecified atom stereocenters. The van der Waals surface area contributed by atoms with Crippen LogP contribution in [0.4, 0.5) is 0 Å². The number of carbonyl (C=O) groups is 1. The molecular weight excluding hydrogens is 228 g/mol. The van der Waals surface area contributed by atoms with Gasteiger partial charge in [0.15, 0.2) is 0 Å². The van der Waals surface area contributed by atoms with Crippen LogP contribution in [0.25, 0.3) is 0 Å². The number of hydrogen-bond acceptors (Lipinski definition) is 4. The highest BCUT2D eigenvalue weighted by Gasteiger charge is 2.47. The molecule has 2 heterocycles. The first-order valence-corrected chi connectivity index (χ1v) is 7.26. The van der Waals surface area contributed by atoms with Gasteiger partial charge < -0.3 is 9.64 Å². The number of nitrogens with one attached hydrogen (secondary N) is 1. The fourth-order valence-electron chi connectivity index (χ4n) is 3.46. The average molecular weight is 254 g/mol. The summed E-state index contributed by atoms with van der Waals surface area (Å²) in [7, 11) is 0. The monoisotopic (exact) mass is 254 g/mol. The Kier molecular flexibility index (Phi) is 4.28. The summed E-state index contributed by atoms with van der Waals surface area (Å²) in [4.78, 5) is 14.9. The van der Waals surface area contributed by atoms with Gasteiger partial charge in [0.2, 0.25) is 0 Å². The smallest absolute Gasteiger partial charge is 0.326 e. The molecule has 4 heteroatoms. The predicted octanol–water partition coefficient (Wildman–Crippen LogP) is 1.54. The zero-order valence-corrected chi connectivity index (χ0v) is 11.9. The third kappa shape index (κ3) is 2.69. The molecule has 2 fully saturated rings. The van der Waals surface area contributed by atoms with E-state index in [2.05, 4.69) is 24.1 Å². The van der Waals surface area contributed by atoms with Crippen molar-refractivity contribution in [3.05, 3.63) is 0 Å². The van der Waals surface area contributed by atoms with E-state index in [1.54, 1.807) is 0 Å². The lowest BCUT2D eigenvalue weighted by atomic mass is 9.82. The second kappa shape index (κ2) is 5.57. The van der Waals surface area contributed by atoms with E-state index < -0.39 is 5.54 Å². The summed E-state index contributed by atoms with van der Waals surface area (Å²) in [5.74, 6) is -0.0507. The molecule has 0 aromatic heterocycles. The second-order valence-corrected chi connectivity index (χ2v) is 5.89. The highest BCUT2D eigenvalue weighted by Crippen LogP contribution is 2.34. The number of fused-ring (bicyclic) bond motifs is 1. The molecule has 2 aliphatic heterocycles. The van der Waals surface area contributed by atoms with Gasteiger partial charge in [0.25, 0.3) is 0 Å². The number of hydrogen-bond donors (Lipinski definition) is 1. The Labute approximate surface area is 110 Å². The molecule has 2 aliphatic rings. The summed E-state index contributed by atoms with van der Waals surface area (Å²) < 4.78 is 5.31. The Bertz CT molecular complexity index is 306. The molecule has 0 aromatic rings. The quantitative estimate of drug-likeness (QED) is 0.773. The lowest BCUT2D eigenvalue weighted by molar-refractivity contribution is -0.154. The van der Waals surface area contributed by atoms with Crippen LogP contribution in [0, 0.1) is 0 Å². The van der Waals surface area contributed by atoms with Crippen molar-refractivity contribution in [1.82, 2.24) is 10.2 Å². The Hall–Kier alpha value is -0.610. The van der Waals surface area contributed by atoms with E-state index in [9.17, 15) is 4.79 Å². The van der Waals surface area contributed by atoms with Crippen molar-refractivity contribution in [1.29, 1.82) is 0 Å². The van der Waals surface area contributed by atoms with Gasteiger partial charge in [-0.25, -0.2) is 0 Å². The molecule has 0 amide bonds. The lowest BCUT2D eigenvalue weighted by Crippen LogP contribution is -2.62. The molecule has 0 spiro atoms. The maximum Gasteiger partial charge on any atom is 0.326 e. The average Bonchev–Trinajstić information content (AvgIpc) is 2.75. The Balaban J connectivity index is 2.12. The normalized spacial score (nSPS) is 32.6. The maximum atomic E-state index is 12.3. The summed E-state index contributed by atoms with van der Waals surface area (Å²) in [6, 6.07) is 0.872. The minimum Gasteiger partial charge on any atom is -0.465 e. The van der Waals surface area contributed by atoms with Crippen LogP contribution in [-0.2, 0) is 9.53 Å². The van der Waals surface area contributed by atoms with Crippen molar-refractivity contribution in [2.45, 2.75) is 64.1 Å². The van der Waals surface area contributed by atoms with Gasteiger partial charge >= 0.3 is 5.97 Å². The predicted molar refractivity (Wildman–Crippen MR) is 71.5 cm³/mol. The topological polar surface area (TPSA) is 41.6 Å². The van der Waals surface area contributed by atoms with Crippen LogP contribution in [0.1, 0.15) is 46.5 Å². The fourth-order valence-corrected chi connectivity index (χ4v) is 3.46. The van der Waals surface area contributed by atoms with Gasteiger partial charge in [-0.05, 0) is 53.0 Å². The second-order valence-electron chi connectivity index (χ2n) is 5.89. The molecule has 0 saturated carbocycles. The maximum absolute atomic E-state index is 12.3. The highest BCUT2D eigenvalue weighted by atomic mass is 16.5. The summed E-state index contributed by atoms with van der Waals surface area (Å²) in [5, 5.41) is 3.49. The largest absolute Gasteiger partial charge is 0.465 e. The van der Waals surface area contributed by atoms with E-state index in [1.807, 2.05) is 6.92 Å². The molecule has 1 N–H and O–H groups in total. The molecule has 18 heavy (non-hydrogen) atoms. The number of ether oxygens (including phenoxy) is 1. The minimum atomic E-state index is -0.449. The van der Waals surface area contributed by atoms with Crippen LogP contribution < -0.4 is 5.32 Å². The summed E-state index contributed by atoms with van der Waals surface area (Å²) in [6.07, 6.45) is 4.27. The van der Waals surface area contributed by atoms with Crippen LogP contribution in [0.15, 0.2) is 0 Å². The van der Waals surface area contributed by atoms with Crippen LogP contribution in [-0.4, -0.2) is 48.2 Å². The van der Waals surface area contributed by atoms with Crippen molar-refractivity contribution in [2.24, 2.45) is 0 Å². The van der Waals surface area contributed by atoms with Gasteiger partial charge in [0.05, 0.1) is 6.61 Å². The first kappa shape index (κ1) is 13.8. The molecule has 104 valence electrons. The van der Waals surface area contributed by atoms with Crippen LogP contribution in [0.2, 0.25) is 0 Å². The van der Waals surface area contributed by atoms with Gasteiger partial charge in [-0.1, -0.05) is 0 Å². The molecule has 2 saturated heterocycles. The molecule has 0 aliphatic carbocycles. The van der Waals surface area contributed by atoms with Crippen LogP contribution in [0.5, 0.6) is 0 Å². The third-order valence-electron chi connectivity index (χ3n) is 4.14. The van der Waals surface area contributed by atoms with E-state index in [0.717, 1.165) is 19.4 Å². The first-order valence-electron chi connectivity index (χ1n) is 7.26. The van der Waals surface area contributed by atoms with E-state index in [1.165, 1.54) is 19.4 Å². The SMILES string of the molecule is CCOC(=O)C1(NC(C)C)CCN2CCCC2C1. The van der Waals surface area contributed by atoms with E-state index in [0.29, 0.717) is 18.7 Å². The van der Waals surface area contributed by atoms with Crippen molar-refractivity contribution in [3.63, 3.8) is 0 Å². The number of nitrogens with zero attached hydrogens (tertiary/aromatic N) is 1. The van der Waals surface area contributed by atoms with Crippen molar-refractivity contribution < 1.29 is 9.53 Å². The number of piperidine rings is 1. The number of esters is 1. The van der Waals surface area contributed by atoms with E-state index >= 15 is 0 Å². The fraction of sp³-hybridized carbons (Fsp3) is 0.929. The van der Waals surface area contributed by atoms with Crippen LogP contribution >= 0.6 is 0 Å². The zero-order valence-electron chi connectivity index (χ0n) is 11.9. The third-order valence-corrected chi connectivity index (χ3v) is 4.14. The lowest BCUT2D eigenvalue weighted by Gasteiger charge is -2.43. The molecule has 0 bridgehead atoms. The standard InChI is InChI=1S/C14H26N2O2/c1-4-18-13(17)14(15-11(2)3)7-9-16-8-5-6-12(16)10-14/h11-12,15H,4-10H2,1-3H3. The molecule has 0 radical (unpaired) electrons.